The van der Waals surface area contributed by atoms with E-state index in [2.05, 4.69) is 53.3 Å². The molecule has 1 saturated heterocycles. The van der Waals surface area contributed by atoms with Gasteiger partial charge in [0.1, 0.15) is 5.76 Å². The maximum absolute atomic E-state index is 13.3. The molecule has 30 heavy (non-hydrogen) atoms. The number of piperidine rings is 1. The van der Waals surface area contributed by atoms with Gasteiger partial charge in [0, 0.05) is 34.5 Å². The predicted octanol–water partition coefficient (Wildman–Crippen LogP) is 4.80. The number of carbonyl (C=O) groups excluding carboxylic acids is 1. The fourth-order valence-electron chi connectivity index (χ4n) is 6.06. The van der Waals surface area contributed by atoms with E-state index in [-0.39, 0.29) is 23.3 Å². The molecule has 0 aliphatic carbocycles. The molecule has 3 atom stereocenters. The molecular formula is C25H31N3O2. The minimum Gasteiger partial charge on any atom is -0.467 e. The first kappa shape index (κ1) is 19.4. The third-order valence-electron chi connectivity index (χ3n) is 7.70. The smallest absolute Gasteiger partial charge is 0.223 e. The number of hydrogen-bond acceptors (Lipinski definition) is 3. The molecule has 5 heteroatoms. The number of H-pyrrole nitrogens is 1. The van der Waals surface area contributed by atoms with E-state index in [1.807, 2.05) is 12.1 Å². The Morgan fingerprint density at radius 2 is 2.17 bits per heavy atom. The summed E-state index contributed by atoms with van der Waals surface area (Å²) in [5.41, 5.74) is 3.93. The zero-order chi connectivity index (χ0) is 20.7. The molecule has 4 heterocycles. The number of aromatic amines is 1. The minimum atomic E-state index is -0.0818. The number of furan rings is 1. The Labute approximate surface area is 177 Å². The van der Waals surface area contributed by atoms with Crippen LogP contribution in [-0.4, -0.2) is 28.9 Å². The first-order valence-corrected chi connectivity index (χ1v) is 11.3. The van der Waals surface area contributed by atoms with Crippen LogP contribution in [0.2, 0.25) is 0 Å². The molecule has 3 aromatic rings. The summed E-state index contributed by atoms with van der Waals surface area (Å²) in [4.78, 5) is 19.7. The second kappa shape index (κ2) is 7.62. The van der Waals surface area contributed by atoms with Gasteiger partial charge in [-0.3, -0.25) is 9.69 Å². The van der Waals surface area contributed by atoms with Crippen LogP contribution in [0.3, 0.4) is 0 Å². The number of carbonyl (C=O) groups is 1. The van der Waals surface area contributed by atoms with Gasteiger partial charge in [0.25, 0.3) is 0 Å². The minimum absolute atomic E-state index is 0.0809. The molecular weight excluding hydrogens is 374 g/mol. The summed E-state index contributed by atoms with van der Waals surface area (Å²) in [7, 11) is 0. The number of amides is 1. The van der Waals surface area contributed by atoms with Crippen molar-refractivity contribution in [2.75, 3.05) is 13.1 Å². The van der Waals surface area contributed by atoms with Crippen molar-refractivity contribution in [3.05, 3.63) is 59.7 Å². The van der Waals surface area contributed by atoms with Gasteiger partial charge in [0.15, 0.2) is 0 Å². The lowest BCUT2D eigenvalue weighted by Crippen LogP contribution is -2.54. The summed E-state index contributed by atoms with van der Waals surface area (Å²) in [6.07, 6.45) is 5.94. The molecule has 5 nitrogen and oxygen atoms in total. The second-order valence-corrected chi connectivity index (χ2v) is 8.96. The predicted molar refractivity (Wildman–Crippen MR) is 118 cm³/mol. The molecule has 2 N–H and O–H groups in total. The monoisotopic (exact) mass is 405 g/mol. The van der Waals surface area contributed by atoms with Gasteiger partial charge < -0.3 is 14.7 Å². The van der Waals surface area contributed by atoms with Gasteiger partial charge in [0.05, 0.1) is 18.8 Å². The van der Waals surface area contributed by atoms with Gasteiger partial charge in [0.2, 0.25) is 5.91 Å². The molecule has 5 rings (SSSR count). The average molecular weight is 406 g/mol. The van der Waals surface area contributed by atoms with Crippen molar-refractivity contribution in [3.63, 3.8) is 0 Å². The molecule has 0 radical (unpaired) electrons. The van der Waals surface area contributed by atoms with Crippen molar-refractivity contribution in [3.8, 4) is 0 Å². The highest BCUT2D eigenvalue weighted by atomic mass is 16.3. The Hall–Kier alpha value is -2.53. The lowest BCUT2D eigenvalue weighted by Gasteiger charge is -2.54. The maximum Gasteiger partial charge on any atom is 0.223 e. The summed E-state index contributed by atoms with van der Waals surface area (Å²) in [5, 5.41) is 4.47. The molecule has 0 saturated carbocycles. The highest BCUT2D eigenvalue weighted by Gasteiger charge is 2.52. The van der Waals surface area contributed by atoms with E-state index in [0.717, 1.165) is 44.5 Å². The Morgan fingerprint density at radius 1 is 1.30 bits per heavy atom. The van der Waals surface area contributed by atoms with E-state index in [1.165, 1.54) is 22.2 Å². The Bertz CT molecular complexity index is 1040. The van der Waals surface area contributed by atoms with Crippen LogP contribution in [0.5, 0.6) is 0 Å². The fraction of sp³-hybridized carbons (Fsp3) is 0.480. The van der Waals surface area contributed by atoms with Gasteiger partial charge in [-0.2, -0.15) is 0 Å². The number of nitrogens with zero attached hydrogens (tertiary/aromatic N) is 1. The average Bonchev–Trinajstić information content (AvgIpc) is 3.43. The van der Waals surface area contributed by atoms with Gasteiger partial charge in [-0.05, 0) is 56.0 Å². The van der Waals surface area contributed by atoms with E-state index in [0.29, 0.717) is 6.54 Å². The number of hydrogen-bond donors (Lipinski definition) is 2. The van der Waals surface area contributed by atoms with Gasteiger partial charge in [-0.25, -0.2) is 0 Å². The van der Waals surface area contributed by atoms with Crippen LogP contribution < -0.4 is 5.32 Å². The quantitative estimate of drug-likeness (QED) is 0.641. The molecule has 1 amide bonds. The molecule has 2 aliphatic heterocycles. The Balaban J connectivity index is 1.50. The van der Waals surface area contributed by atoms with Crippen molar-refractivity contribution < 1.29 is 9.21 Å². The van der Waals surface area contributed by atoms with Crippen LogP contribution in [0.1, 0.15) is 56.2 Å². The topological polar surface area (TPSA) is 61.3 Å². The summed E-state index contributed by atoms with van der Waals surface area (Å²) in [6.45, 7) is 7.02. The number of nitrogens with one attached hydrogen (secondary N) is 2. The van der Waals surface area contributed by atoms with E-state index in [1.54, 1.807) is 6.26 Å². The van der Waals surface area contributed by atoms with Crippen molar-refractivity contribution in [2.24, 2.45) is 11.3 Å². The van der Waals surface area contributed by atoms with E-state index < -0.39 is 0 Å². The van der Waals surface area contributed by atoms with Gasteiger partial charge in [-0.1, -0.05) is 32.0 Å². The molecule has 1 fully saturated rings. The van der Waals surface area contributed by atoms with E-state index in [9.17, 15) is 4.79 Å². The second-order valence-electron chi connectivity index (χ2n) is 8.96. The van der Waals surface area contributed by atoms with E-state index in [4.69, 9.17) is 4.42 Å². The highest BCUT2D eigenvalue weighted by Crippen LogP contribution is 2.55. The van der Waals surface area contributed by atoms with Crippen LogP contribution >= 0.6 is 0 Å². The standard InChI is InChI=1S/C25H31N3O2/c1-3-25(17(2)24(29)26-16-18-8-6-15-30-18)12-7-13-28-14-11-20-19-9-4-5-10-21(19)27-22(20)23(25)28/h4-6,8-10,15,17,23,27H,3,7,11-14,16H2,1-2H3,(H,26,29)/t17?,23-,25+/m1/s1. The highest BCUT2D eigenvalue weighted by molar-refractivity contribution is 5.85. The lowest BCUT2D eigenvalue weighted by molar-refractivity contribution is -0.135. The lowest BCUT2D eigenvalue weighted by atomic mass is 9.61. The summed E-state index contributed by atoms with van der Waals surface area (Å²) >= 11 is 0. The normalized spacial score (nSPS) is 24.9. The molecule has 2 aliphatic rings. The number of aromatic nitrogens is 1. The maximum atomic E-state index is 13.3. The zero-order valence-electron chi connectivity index (χ0n) is 17.9. The summed E-state index contributed by atoms with van der Waals surface area (Å²) < 4.78 is 5.40. The van der Waals surface area contributed by atoms with Crippen molar-refractivity contribution >= 4 is 16.8 Å². The zero-order valence-corrected chi connectivity index (χ0v) is 17.9. The van der Waals surface area contributed by atoms with Crippen LogP contribution in [-0.2, 0) is 17.8 Å². The van der Waals surface area contributed by atoms with Crippen LogP contribution in [0, 0.1) is 11.3 Å². The molecule has 158 valence electrons. The van der Waals surface area contributed by atoms with Gasteiger partial charge >= 0.3 is 0 Å². The molecule has 1 unspecified atom stereocenters. The number of benzene rings is 1. The Kier molecular flexibility index (Phi) is 4.94. The van der Waals surface area contributed by atoms with Crippen molar-refractivity contribution in [2.45, 2.75) is 52.1 Å². The molecule has 0 spiro atoms. The third kappa shape index (κ3) is 2.99. The first-order valence-electron chi connectivity index (χ1n) is 11.3. The van der Waals surface area contributed by atoms with Crippen molar-refractivity contribution in [1.29, 1.82) is 0 Å². The molecule has 1 aromatic carbocycles. The third-order valence-corrected chi connectivity index (χ3v) is 7.70. The summed E-state index contributed by atoms with van der Waals surface area (Å²) in [5.74, 6) is 0.836. The molecule has 2 aromatic heterocycles. The van der Waals surface area contributed by atoms with E-state index >= 15 is 0 Å². The fourth-order valence-corrected chi connectivity index (χ4v) is 6.06. The van der Waals surface area contributed by atoms with Crippen molar-refractivity contribution in [1.82, 2.24) is 15.2 Å². The van der Waals surface area contributed by atoms with Crippen LogP contribution in [0.4, 0.5) is 0 Å². The first-order chi connectivity index (χ1) is 14.6. The largest absolute Gasteiger partial charge is 0.467 e. The number of fused-ring (bicyclic) bond motifs is 5. The SMILES string of the molecule is CC[C@@]1(C(C)C(=O)NCc2ccco2)CCCN2CCc3c([nH]c4ccccc34)[C@@H]21. The van der Waals surface area contributed by atoms with Crippen LogP contribution in [0.25, 0.3) is 10.9 Å². The number of para-hydroxylation sites is 1. The van der Waals surface area contributed by atoms with Crippen LogP contribution in [0.15, 0.2) is 47.1 Å². The summed E-state index contributed by atoms with van der Waals surface area (Å²) in [6, 6.07) is 12.7. The number of rotatable bonds is 5. The van der Waals surface area contributed by atoms with Gasteiger partial charge in [-0.15, -0.1) is 0 Å². The molecule has 0 bridgehead atoms. The Morgan fingerprint density at radius 3 is 2.97 bits per heavy atom.